The predicted octanol–water partition coefficient (Wildman–Crippen LogP) is 6.05. The van der Waals surface area contributed by atoms with Crippen molar-refractivity contribution in [2.24, 2.45) is 16.8 Å². The van der Waals surface area contributed by atoms with E-state index in [0.717, 1.165) is 30.9 Å². The summed E-state index contributed by atoms with van der Waals surface area (Å²) in [6.07, 6.45) is 8.21. The second-order valence-electron chi connectivity index (χ2n) is 6.12. The molecule has 1 aromatic rings. The molecular weight excluding hydrogens is 312 g/mol. The van der Waals surface area contributed by atoms with Crippen LogP contribution in [0.4, 0.5) is 14.5 Å². The maximum atomic E-state index is 13.9. The number of isothiocyanates is 1. The average Bonchev–Trinajstić information content (AvgIpc) is 2.53. The third-order valence-corrected chi connectivity index (χ3v) is 4.51. The van der Waals surface area contributed by atoms with Crippen molar-refractivity contribution in [3.8, 4) is 11.8 Å². The van der Waals surface area contributed by atoms with Crippen LogP contribution in [0.3, 0.4) is 0 Å². The second-order valence-corrected chi connectivity index (χ2v) is 6.30. The molecule has 1 aromatic carbocycles. The van der Waals surface area contributed by atoms with E-state index in [2.05, 4.69) is 41.1 Å². The number of aliphatic imine (C=N–C) groups is 1. The molecule has 2 rings (SSSR count). The maximum Gasteiger partial charge on any atom is 0.143 e. The molecule has 1 nitrogen and oxygen atoms in total. The third-order valence-electron chi connectivity index (χ3n) is 4.42. The molecule has 0 aliphatic heterocycles. The zero-order valence-corrected chi connectivity index (χ0v) is 14.2. The SMILES string of the molecule is CCCCC1CCC(C#Cc2c(F)cc(N=C=S)cc2F)CC1. The number of halogens is 2. The van der Waals surface area contributed by atoms with Crippen molar-refractivity contribution in [3.05, 3.63) is 29.3 Å². The number of hydrogen-bond donors (Lipinski definition) is 0. The molecule has 0 spiro atoms. The number of nitrogens with zero attached hydrogens (tertiary/aromatic N) is 1. The van der Waals surface area contributed by atoms with Crippen molar-refractivity contribution in [2.45, 2.75) is 51.9 Å². The fourth-order valence-electron chi connectivity index (χ4n) is 3.06. The molecule has 0 bridgehead atoms. The number of rotatable bonds is 4. The standard InChI is InChI=1S/C19H21F2NS/c1-2-3-4-14-5-7-15(8-6-14)9-10-17-18(20)11-16(22-13-23)12-19(17)21/h11-12,14-15H,2-8H2,1H3. The summed E-state index contributed by atoms with van der Waals surface area (Å²) in [6, 6.07) is 2.27. The molecule has 0 saturated heterocycles. The van der Waals surface area contributed by atoms with E-state index < -0.39 is 11.6 Å². The number of unbranched alkanes of at least 4 members (excludes halogenated alkanes) is 1. The van der Waals surface area contributed by atoms with Crippen LogP contribution in [0, 0.1) is 35.3 Å². The van der Waals surface area contributed by atoms with Crippen LogP contribution in [0.5, 0.6) is 0 Å². The summed E-state index contributed by atoms with van der Waals surface area (Å²) < 4.78 is 27.9. The van der Waals surface area contributed by atoms with Crippen molar-refractivity contribution >= 4 is 23.1 Å². The largest absolute Gasteiger partial charge is 0.205 e. The van der Waals surface area contributed by atoms with Gasteiger partial charge in [0.05, 0.1) is 16.4 Å². The quantitative estimate of drug-likeness (QED) is 0.371. The van der Waals surface area contributed by atoms with Gasteiger partial charge in [-0.3, -0.25) is 0 Å². The summed E-state index contributed by atoms with van der Waals surface area (Å²) in [6.45, 7) is 2.21. The second kappa shape index (κ2) is 8.91. The first-order valence-corrected chi connectivity index (χ1v) is 8.63. The highest BCUT2D eigenvalue weighted by Gasteiger charge is 2.19. The van der Waals surface area contributed by atoms with Gasteiger partial charge in [-0.1, -0.05) is 38.0 Å². The van der Waals surface area contributed by atoms with Gasteiger partial charge in [-0.15, -0.1) is 0 Å². The Bertz CT molecular complexity index is 622. The minimum absolute atomic E-state index is 0.122. The van der Waals surface area contributed by atoms with E-state index in [1.807, 2.05) is 0 Å². The van der Waals surface area contributed by atoms with Crippen molar-refractivity contribution in [1.29, 1.82) is 0 Å². The van der Waals surface area contributed by atoms with Crippen molar-refractivity contribution < 1.29 is 8.78 Å². The van der Waals surface area contributed by atoms with E-state index in [1.165, 1.54) is 32.1 Å². The smallest absolute Gasteiger partial charge is 0.143 e. The molecule has 0 N–H and O–H groups in total. The van der Waals surface area contributed by atoms with Crippen LogP contribution >= 0.6 is 12.2 Å². The van der Waals surface area contributed by atoms with Crippen molar-refractivity contribution in [2.75, 3.05) is 0 Å². The zero-order chi connectivity index (χ0) is 16.7. The van der Waals surface area contributed by atoms with Gasteiger partial charge < -0.3 is 0 Å². The summed E-state index contributed by atoms with van der Waals surface area (Å²) in [7, 11) is 0. The lowest BCUT2D eigenvalue weighted by Gasteiger charge is -2.25. The summed E-state index contributed by atoms with van der Waals surface area (Å²) in [4.78, 5) is 3.59. The Morgan fingerprint density at radius 1 is 1.17 bits per heavy atom. The van der Waals surface area contributed by atoms with Gasteiger partial charge in [0.1, 0.15) is 11.6 Å². The molecule has 1 saturated carbocycles. The van der Waals surface area contributed by atoms with Crippen molar-refractivity contribution in [3.63, 3.8) is 0 Å². The Labute approximate surface area is 142 Å². The molecule has 0 radical (unpaired) electrons. The molecule has 1 fully saturated rings. The Morgan fingerprint density at radius 2 is 1.83 bits per heavy atom. The average molecular weight is 333 g/mol. The summed E-state index contributed by atoms with van der Waals surface area (Å²) in [5.74, 6) is 5.39. The first-order valence-electron chi connectivity index (χ1n) is 8.22. The lowest BCUT2D eigenvalue weighted by molar-refractivity contribution is 0.296. The summed E-state index contributed by atoms with van der Waals surface area (Å²) in [5.41, 5.74) is -0.0570. The molecule has 0 unspecified atom stereocenters. The van der Waals surface area contributed by atoms with Crippen LogP contribution < -0.4 is 0 Å². The molecule has 0 amide bonds. The maximum absolute atomic E-state index is 13.9. The Balaban J connectivity index is 2.01. The Hall–Kier alpha value is -1.56. The molecular formula is C19H21F2NS. The highest BCUT2D eigenvalue weighted by atomic mass is 32.1. The first kappa shape index (κ1) is 17.8. The molecule has 23 heavy (non-hydrogen) atoms. The van der Waals surface area contributed by atoms with Crippen LogP contribution in [0.25, 0.3) is 0 Å². The normalized spacial score (nSPS) is 20.3. The van der Waals surface area contributed by atoms with Crippen LogP contribution in [0.2, 0.25) is 0 Å². The van der Waals surface area contributed by atoms with Gasteiger partial charge in [0.2, 0.25) is 0 Å². The summed E-state index contributed by atoms with van der Waals surface area (Å²) >= 11 is 4.44. The highest BCUT2D eigenvalue weighted by Crippen LogP contribution is 2.31. The molecule has 0 atom stereocenters. The predicted molar refractivity (Wildman–Crippen MR) is 92.9 cm³/mol. The lowest BCUT2D eigenvalue weighted by Crippen LogP contribution is -2.13. The topological polar surface area (TPSA) is 12.4 Å². The summed E-state index contributed by atoms with van der Waals surface area (Å²) in [5, 5.41) is 2.10. The van der Waals surface area contributed by atoms with Gasteiger partial charge in [-0.25, -0.2) is 8.78 Å². The van der Waals surface area contributed by atoms with Crippen LogP contribution in [-0.4, -0.2) is 5.16 Å². The molecule has 1 aliphatic rings. The van der Waals surface area contributed by atoms with E-state index in [4.69, 9.17) is 0 Å². The number of thiocarbonyl (C=S) groups is 1. The van der Waals surface area contributed by atoms with E-state index in [1.54, 1.807) is 0 Å². The Kier molecular flexibility index (Phi) is 6.89. The van der Waals surface area contributed by atoms with Crippen LogP contribution in [-0.2, 0) is 0 Å². The van der Waals surface area contributed by atoms with Gasteiger partial charge in [-0.05, 0) is 43.8 Å². The van der Waals surface area contributed by atoms with Gasteiger partial charge in [0.15, 0.2) is 0 Å². The molecule has 0 aromatic heterocycles. The lowest BCUT2D eigenvalue weighted by atomic mass is 9.80. The van der Waals surface area contributed by atoms with Gasteiger partial charge in [0, 0.05) is 18.1 Å². The minimum atomic E-state index is -0.696. The van der Waals surface area contributed by atoms with E-state index in [-0.39, 0.29) is 17.2 Å². The highest BCUT2D eigenvalue weighted by molar-refractivity contribution is 7.78. The van der Waals surface area contributed by atoms with E-state index in [0.29, 0.717) is 0 Å². The fraction of sp³-hybridized carbons (Fsp3) is 0.526. The van der Waals surface area contributed by atoms with E-state index in [9.17, 15) is 8.78 Å². The molecule has 1 aliphatic carbocycles. The molecule has 0 heterocycles. The fourth-order valence-corrected chi connectivity index (χ4v) is 3.16. The number of benzene rings is 1. The first-order chi connectivity index (χ1) is 11.1. The Morgan fingerprint density at radius 3 is 2.39 bits per heavy atom. The molecule has 4 heteroatoms. The van der Waals surface area contributed by atoms with Crippen LogP contribution in [0.15, 0.2) is 17.1 Å². The van der Waals surface area contributed by atoms with Gasteiger partial charge >= 0.3 is 0 Å². The monoisotopic (exact) mass is 333 g/mol. The van der Waals surface area contributed by atoms with Gasteiger partial charge in [-0.2, -0.15) is 4.99 Å². The molecule has 122 valence electrons. The third kappa shape index (κ3) is 5.23. The van der Waals surface area contributed by atoms with Crippen molar-refractivity contribution in [1.82, 2.24) is 0 Å². The zero-order valence-electron chi connectivity index (χ0n) is 13.4. The van der Waals surface area contributed by atoms with Crippen LogP contribution in [0.1, 0.15) is 57.4 Å². The minimum Gasteiger partial charge on any atom is -0.205 e. The number of hydrogen-bond acceptors (Lipinski definition) is 2. The van der Waals surface area contributed by atoms with E-state index >= 15 is 0 Å². The van der Waals surface area contributed by atoms with Gasteiger partial charge in [0.25, 0.3) is 0 Å².